The lowest BCUT2D eigenvalue weighted by molar-refractivity contribution is 0.0955. The van der Waals surface area contributed by atoms with Crippen LogP contribution in [0.5, 0.6) is 5.75 Å². The Hall–Kier alpha value is -4.97. The molecule has 7 nitrogen and oxygen atoms in total. The minimum Gasteiger partial charge on any atom is -0.487 e. The smallest absolute Gasteiger partial charge is 0.271 e. The molecule has 0 fully saturated rings. The molecule has 1 aromatic heterocycles. The lowest BCUT2D eigenvalue weighted by Crippen LogP contribution is -2.17. The molecule has 5 rings (SSSR count). The molecule has 2 N–H and O–H groups in total. The van der Waals surface area contributed by atoms with Crippen molar-refractivity contribution in [3.05, 3.63) is 129 Å². The second-order valence-electron chi connectivity index (χ2n) is 9.05. The molecule has 0 aliphatic rings. The Bertz CT molecular complexity index is 1740. The van der Waals surface area contributed by atoms with Crippen molar-refractivity contribution in [2.75, 3.05) is 5.32 Å². The fraction of sp³-hybridized carbons (Fsp3) is 0.0625. The highest BCUT2D eigenvalue weighted by atomic mass is 35.5. The van der Waals surface area contributed by atoms with Gasteiger partial charge in [-0.05, 0) is 61.0 Å². The van der Waals surface area contributed by atoms with Crippen LogP contribution in [0.2, 0.25) is 5.02 Å². The van der Waals surface area contributed by atoms with Gasteiger partial charge in [-0.15, -0.1) is 11.3 Å². The largest absolute Gasteiger partial charge is 0.487 e. The minimum absolute atomic E-state index is 0.222. The van der Waals surface area contributed by atoms with Gasteiger partial charge in [0.15, 0.2) is 5.13 Å². The highest BCUT2D eigenvalue weighted by Crippen LogP contribution is 2.28. The summed E-state index contributed by atoms with van der Waals surface area (Å²) in [6, 6.07) is 29.9. The van der Waals surface area contributed by atoms with Gasteiger partial charge in [-0.1, -0.05) is 59.6 Å². The molecule has 41 heavy (non-hydrogen) atoms. The lowest BCUT2D eigenvalue weighted by Gasteiger charge is -2.09. The number of benzene rings is 4. The number of ether oxygens (including phenoxy) is 1. The van der Waals surface area contributed by atoms with Crippen molar-refractivity contribution >= 4 is 45.9 Å². The maximum atomic E-state index is 12.6. The normalized spacial score (nSPS) is 10.8. The highest BCUT2D eigenvalue weighted by Gasteiger charge is 2.09. The number of aromatic nitrogens is 1. The number of carbonyl (C=O) groups is 1. The van der Waals surface area contributed by atoms with E-state index in [1.54, 1.807) is 42.5 Å². The van der Waals surface area contributed by atoms with E-state index < -0.39 is 0 Å². The summed E-state index contributed by atoms with van der Waals surface area (Å²) in [5.74, 6) is 0.147. The Morgan fingerprint density at radius 3 is 2.61 bits per heavy atom. The number of nitriles is 1. The number of aryl methyl sites for hydroxylation is 1. The van der Waals surface area contributed by atoms with Crippen molar-refractivity contribution in [2.45, 2.75) is 13.5 Å². The number of halogens is 1. The van der Waals surface area contributed by atoms with Gasteiger partial charge in [-0.25, -0.2) is 10.4 Å². The number of thiazole rings is 1. The zero-order valence-corrected chi connectivity index (χ0v) is 23.5. The molecule has 0 saturated heterocycles. The maximum absolute atomic E-state index is 12.6. The van der Waals surface area contributed by atoms with E-state index in [4.69, 9.17) is 16.3 Å². The third-order valence-corrected chi connectivity index (χ3v) is 7.16. The van der Waals surface area contributed by atoms with Gasteiger partial charge >= 0.3 is 0 Å². The number of hydrogen-bond acceptors (Lipinski definition) is 7. The zero-order chi connectivity index (χ0) is 28.6. The van der Waals surface area contributed by atoms with E-state index in [1.165, 1.54) is 23.1 Å². The molecule has 1 heterocycles. The van der Waals surface area contributed by atoms with E-state index in [9.17, 15) is 10.1 Å². The van der Waals surface area contributed by atoms with Crippen LogP contribution in [0.15, 0.2) is 101 Å². The molecule has 0 bridgehead atoms. The molecule has 0 saturated carbocycles. The van der Waals surface area contributed by atoms with Crippen molar-refractivity contribution in [1.82, 2.24) is 10.4 Å². The van der Waals surface area contributed by atoms with Crippen molar-refractivity contribution in [3.8, 4) is 23.1 Å². The number of amides is 1. The first-order valence-electron chi connectivity index (χ1n) is 12.6. The molecule has 0 spiro atoms. The van der Waals surface area contributed by atoms with Crippen molar-refractivity contribution in [1.29, 1.82) is 5.26 Å². The van der Waals surface area contributed by atoms with Crippen LogP contribution in [0.4, 0.5) is 10.8 Å². The first-order chi connectivity index (χ1) is 20.0. The van der Waals surface area contributed by atoms with E-state index >= 15 is 0 Å². The molecule has 5 aromatic rings. The second kappa shape index (κ2) is 12.9. The van der Waals surface area contributed by atoms with E-state index in [2.05, 4.69) is 26.9 Å². The predicted octanol–water partition coefficient (Wildman–Crippen LogP) is 7.73. The van der Waals surface area contributed by atoms with Crippen molar-refractivity contribution < 1.29 is 9.53 Å². The first kappa shape index (κ1) is 27.6. The Labute approximate surface area is 246 Å². The van der Waals surface area contributed by atoms with Gasteiger partial charge < -0.3 is 10.1 Å². The molecule has 202 valence electrons. The van der Waals surface area contributed by atoms with E-state index in [0.29, 0.717) is 27.5 Å². The summed E-state index contributed by atoms with van der Waals surface area (Å²) >= 11 is 7.89. The van der Waals surface area contributed by atoms with Crippen molar-refractivity contribution in [3.63, 3.8) is 0 Å². The van der Waals surface area contributed by atoms with Crippen molar-refractivity contribution in [2.24, 2.45) is 5.10 Å². The Balaban J connectivity index is 1.15. The van der Waals surface area contributed by atoms with Gasteiger partial charge in [0.25, 0.3) is 5.91 Å². The van der Waals surface area contributed by atoms with Gasteiger partial charge in [0, 0.05) is 27.8 Å². The topological polar surface area (TPSA) is 99.4 Å². The van der Waals surface area contributed by atoms with Gasteiger partial charge in [0.1, 0.15) is 12.4 Å². The van der Waals surface area contributed by atoms with E-state index in [-0.39, 0.29) is 12.5 Å². The minimum atomic E-state index is -0.338. The summed E-state index contributed by atoms with van der Waals surface area (Å²) in [5, 5.41) is 19.8. The van der Waals surface area contributed by atoms with Crippen LogP contribution < -0.4 is 15.5 Å². The molecular weight excluding hydrogens is 554 g/mol. The van der Waals surface area contributed by atoms with E-state index in [0.717, 1.165) is 27.6 Å². The van der Waals surface area contributed by atoms with E-state index in [1.807, 2.05) is 60.8 Å². The number of hydrazone groups is 1. The first-order valence-corrected chi connectivity index (χ1v) is 13.9. The predicted molar refractivity (Wildman–Crippen MR) is 164 cm³/mol. The Morgan fingerprint density at radius 2 is 1.85 bits per heavy atom. The summed E-state index contributed by atoms with van der Waals surface area (Å²) in [6.07, 6.45) is 1.50. The molecule has 4 aromatic carbocycles. The van der Waals surface area contributed by atoms with Crippen LogP contribution in [0, 0.1) is 18.3 Å². The number of anilines is 2. The number of nitrogens with zero attached hydrogens (tertiary/aromatic N) is 3. The third kappa shape index (κ3) is 7.17. The Kier molecular flexibility index (Phi) is 8.70. The third-order valence-electron chi connectivity index (χ3n) is 6.11. The summed E-state index contributed by atoms with van der Waals surface area (Å²) in [4.78, 5) is 17.2. The zero-order valence-electron chi connectivity index (χ0n) is 22.0. The molecule has 0 radical (unpaired) electrons. The van der Waals surface area contributed by atoms with Crippen LogP contribution in [0.25, 0.3) is 11.3 Å². The molecule has 9 heteroatoms. The number of hydrogen-bond donors (Lipinski definition) is 2. The van der Waals surface area contributed by atoms with Crippen LogP contribution in [-0.4, -0.2) is 17.1 Å². The molecular formula is C32H24ClN5O2S. The fourth-order valence-electron chi connectivity index (χ4n) is 3.87. The highest BCUT2D eigenvalue weighted by molar-refractivity contribution is 7.14. The molecule has 0 atom stereocenters. The second-order valence-corrected chi connectivity index (χ2v) is 10.3. The van der Waals surface area contributed by atoms with Gasteiger partial charge in [0.2, 0.25) is 0 Å². The summed E-state index contributed by atoms with van der Waals surface area (Å²) < 4.78 is 5.79. The number of carbonyl (C=O) groups excluding carboxylic acids is 1. The fourth-order valence-corrected chi connectivity index (χ4v) is 4.86. The van der Waals surface area contributed by atoms with Crippen LogP contribution in [0.3, 0.4) is 0 Å². The molecule has 1 amide bonds. The standard InChI is InChI=1S/C32H24ClN5O2S/c1-21-6-13-27(14-7-21)36-32-37-29(20-41-32)23-9-11-24(12-10-23)31(39)38-35-18-22-8-15-30(28(33)16-22)40-19-26-5-3-2-4-25(26)17-34/h2-16,18,20H,19H2,1H3,(H,36,37)(H,38,39)/b35-18-. The van der Waals surface area contributed by atoms with Crippen LogP contribution in [-0.2, 0) is 6.61 Å². The number of nitrogens with one attached hydrogen (secondary N) is 2. The van der Waals surface area contributed by atoms with Crippen LogP contribution in [0.1, 0.15) is 32.6 Å². The Morgan fingerprint density at radius 1 is 1.07 bits per heavy atom. The maximum Gasteiger partial charge on any atom is 0.271 e. The summed E-state index contributed by atoms with van der Waals surface area (Å²) in [5.41, 5.74) is 8.95. The SMILES string of the molecule is Cc1ccc(Nc2nc(-c3ccc(C(=O)N/N=C\c4ccc(OCc5ccccc5C#N)c(Cl)c4)cc3)cs2)cc1. The monoisotopic (exact) mass is 577 g/mol. The average molecular weight is 578 g/mol. The average Bonchev–Trinajstić information content (AvgIpc) is 3.46. The summed E-state index contributed by atoms with van der Waals surface area (Å²) in [7, 11) is 0. The molecule has 0 aliphatic carbocycles. The van der Waals surface area contributed by atoms with Crippen LogP contribution >= 0.6 is 22.9 Å². The van der Waals surface area contributed by atoms with Gasteiger partial charge in [0.05, 0.1) is 28.6 Å². The lowest BCUT2D eigenvalue weighted by atomic mass is 10.1. The quantitative estimate of drug-likeness (QED) is 0.138. The summed E-state index contributed by atoms with van der Waals surface area (Å²) in [6.45, 7) is 2.27. The molecule has 0 aliphatic heterocycles. The molecule has 0 unspecified atom stereocenters. The van der Waals surface area contributed by atoms with Gasteiger partial charge in [-0.2, -0.15) is 10.4 Å². The van der Waals surface area contributed by atoms with Gasteiger partial charge in [-0.3, -0.25) is 4.79 Å². The number of rotatable bonds is 9.